The van der Waals surface area contributed by atoms with E-state index in [0.29, 0.717) is 34.6 Å². The number of aromatic nitrogens is 5. The van der Waals surface area contributed by atoms with E-state index in [0.717, 1.165) is 37.2 Å². The number of piperidine rings is 2. The Bertz CT molecular complexity index is 1600. The van der Waals surface area contributed by atoms with E-state index in [4.69, 9.17) is 5.14 Å². The van der Waals surface area contributed by atoms with Gasteiger partial charge in [0.1, 0.15) is 28.4 Å². The highest BCUT2D eigenvalue weighted by atomic mass is 32.2. The van der Waals surface area contributed by atoms with Crippen molar-refractivity contribution in [1.82, 2.24) is 25.0 Å². The monoisotopic (exact) mass is 586 g/mol. The lowest BCUT2D eigenvalue weighted by Crippen LogP contribution is -2.39. The zero-order chi connectivity index (χ0) is 29.0. The van der Waals surface area contributed by atoms with Crippen molar-refractivity contribution in [3.8, 4) is 16.9 Å². The Hall–Kier alpha value is -3.65. The van der Waals surface area contributed by atoms with Crippen LogP contribution in [0.15, 0.2) is 36.9 Å². The molecule has 0 unspecified atom stereocenters. The second-order valence-electron chi connectivity index (χ2n) is 11.3. The van der Waals surface area contributed by atoms with Gasteiger partial charge in [0.25, 0.3) is 5.92 Å². The Morgan fingerprint density at radius 3 is 2.32 bits per heavy atom. The Kier molecular flexibility index (Phi) is 6.72. The van der Waals surface area contributed by atoms with Gasteiger partial charge < -0.3 is 14.9 Å². The number of nitrogens with zero attached hydrogens (tertiary/aromatic N) is 7. The number of pyridine rings is 2. The van der Waals surface area contributed by atoms with Gasteiger partial charge in [-0.2, -0.15) is 0 Å². The summed E-state index contributed by atoms with van der Waals surface area (Å²) in [5.41, 5.74) is 3.78. The standard InChI is InChI=1S/C27H32F2N8O3S/c1-18-12-19(13-25(32-18)36-10-6-27(28,29)7-11-36)21-16-37(34-33-21)23-15-31-20(24(17-38)41(30,39)40)14-22(23)35-8-4-26(2-3-26)5-9-35/h12-17,38H,2-11H2,1H3,(H2,30,39,40). The average Bonchev–Trinajstić information content (AvgIpc) is 3.48. The molecule has 1 spiro atoms. The number of alkyl halides is 2. The third-order valence-corrected chi connectivity index (χ3v) is 9.38. The minimum absolute atomic E-state index is 0.0299. The molecule has 3 aromatic heterocycles. The normalized spacial score (nSPS) is 20.4. The van der Waals surface area contributed by atoms with E-state index in [1.165, 1.54) is 19.0 Å². The van der Waals surface area contributed by atoms with Crippen molar-refractivity contribution in [2.24, 2.45) is 10.6 Å². The molecule has 5 heterocycles. The Morgan fingerprint density at radius 2 is 1.68 bits per heavy atom. The summed E-state index contributed by atoms with van der Waals surface area (Å²) in [5, 5.41) is 23.7. The molecule has 6 rings (SSSR count). The molecule has 1 saturated carbocycles. The number of sulfonamides is 1. The van der Waals surface area contributed by atoms with Crippen molar-refractivity contribution in [2.75, 3.05) is 36.0 Å². The van der Waals surface area contributed by atoms with E-state index in [-0.39, 0.29) is 31.6 Å². The summed E-state index contributed by atoms with van der Waals surface area (Å²) in [5.74, 6) is -2.03. The second-order valence-corrected chi connectivity index (χ2v) is 12.9. The van der Waals surface area contributed by atoms with Crippen LogP contribution >= 0.6 is 0 Å². The SMILES string of the molecule is Cc1cc(-c2cn(-c3cnc(C(=CO)S(N)(=O)=O)cc3N3CCC4(CC3)CC4)nn2)cc(N2CCC(F)(F)CC2)n1. The molecule has 3 aliphatic rings. The first-order valence-corrected chi connectivity index (χ1v) is 15.2. The van der Waals surface area contributed by atoms with E-state index >= 15 is 0 Å². The maximum atomic E-state index is 13.7. The lowest BCUT2D eigenvalue weighted by Gasteiger charge is -2.35. The number of aryl methyl sites for hydroxylation is 1. The minimum atomic E-state index is -4.21. The molecule has 0 bridgehead atoms. The van der Waals surface area contributed by atoms with Crippen LogP contribution in [0.2, 0.25) is 0 Å². The van der Waals surface area contributed by atoms with Gasteiger partial charge in [-0.05, 0) is 56.2 Å². The van der Waals surface area contributed by atoms with Gasteiger partial charge in [-0.3, -0.25) is 4.98 Å². The third kappa shape index (κ3) is 5.62. The number of hydrogen-bond donors (Lipinski definition) is 2. The van der Waals surface area contributed by atoms with Crippen LogP contribution in [0, 0.1) is 12.3 Å². The van der Waals surface area contributed by atoms with Gasteiger partial charge in [-0.1, -0.05) is 5.21 Å². The van der Waals surface area contributed by atoms with Crippen molar-refractivity contribution < 1.29 is 22.3 Å². The van der Waals surface area contributed by atoms with Crippen molar-refractivity contribution in [3.05, 3.63) is 48.2 Å². The van der Waals surface area contributed by atoms with Crippen LogP contribution in [0.25, 0.3) is 21.8 Å². The summed E-state index contributed by atoms with van der Waals surface area (Å²) >= 11 is 0. The molecule has 0 aromatic carbocycles. The molecule has 41 heavy (non-hydrogen) atoms. The average molecular weight is 587 g/mol. The molecule has 218 valence electrons. The number of aliphatic hydroxyl groups excluding tert-OH is 1. The second kappa shape index (κ2) is 10.0. The van der Waals surface area contributed by atoms with Crippen LogP contribution in [-0.2, 0) is 10.0 Å². The van der Waals surface area contributed by atoms with Gasteiger partial charge in [0.2, 0.25) is 10.0 Å². The van der Waals surface area contributed by atoms with E-state index in [1.54, 1.807) is 16.9 Å². The topological polar surface area (TPSA) is 143 Å². The van der Waals surface area contributed by atoms with E-state index in [9.17, 15) is 22.3 Å². The molecule has 3 aromatic rings. The zero-order valence-electron chi connectivity index (χ0n) is 22.7. The van der Waals surface area contributed by atoms with Crippen molar-refractivity contribution >= 4 is 26.4 Å². The number of primary sulfonamides is 1. The zero-order valence-corrected chi connectivity index (χ0v) is 23.5. The van der Waals surface area contributed by atoms with Crippen molar-refractivity contribution in [1.29, 1.82) is 0 Å². The first-order chi connectivity index (χ1) is 19.5. The van der Waals surface area contributed by atoms with Gasteiger partial charge in [-0.25, -0.2) is 32.0 Å². The van der Waals surface area contributed by atoms with Crippen LogP contribution in [0.5, 0.6) is 0 Å². The number of rotatable bonds is 6. The quantitative estimate of drug-likeness (QED) is 0.412. The first-order valence-electron chi connectivity index (χ1n) is 13.6. The molecular formula is C27H32F2N8O3S. The fourth-order valence-electron chi connectivity index (χ4n) is 5.72. The smallest absolute Gasteiger partial charge is 0.251 e. The van der Waals surface area contributed by atoms with E-state index in [2.05, 4.69) is 25.2 Å². The van der Waals surface area contributed by atoms with Crippen molar-refractivity contribution in [3.63, 3.8) is 0 Å². The molecule has 14 heteroatoms. The number of halogens is 2. The largest absolute Gasteiger partial charge is 0.514 e. The summed E-state index contributed by atoms with van der Waals surface area (Å²) in [6.45, 7) is 3.85. The molecule has 3 N–H and O–H groups in total. The van der Waals surface area contributed by atoms with Gasteiger partial charge in [0.05, 0.1) is 23.8 Å². The fourth-order valence-corrected chi connectivity index (χ4v) is 6.27. The van der Waals surface area contributed by atoms with Crippen LogP contribution in [0.3, 0.4) is 0 Å². The Balaban J connectivity index is 1.34. The van der Waals surface area contributed by atoms with E-state index in [1.807, 2.05) is 24.0 Å². The maximum absolute atomic E-state index is 13.7. The number of nitrogens with two attached hydrogens (primary N) is 1. The molecule has 11 nitrogen and oxygen atoms in total. The molecule has 2 saturated heterocycles. The van der Waals surface area contributed by atoms with Gasteiger partial charge in [0, 0.05) is 50.3 Å². The summed E-state index contributed by atoms with van der Waals surface area (Å²) in [6, 6.07) is 5.30. The highest BCUT2D eigenvalue weighted by Crippen LogP contribution is 2.54. The van der Waals surface area contributed by atoms with Crippen LogP contribution < -0.4 is 14.9 Å². The number of aliphatic hydroxyl groups is 1. The molecule has 2 aliphatic heterocycles. The summed E-state index contributed by atoms with van der Waals surface area (Å²) < 4.78 is 53.2. The Morgan fingerprint density at radius 1 is 1.00 bits per heavy atom. The fraction of sp³-hybridized carbons (Fsp3) is 0.481. The highest BCUT2D eigenvalue weighted by molar-refractivity contribution is 7.98. The maximum Gasteiger partial charge on any atom is 0.251 e. The number of anilines is 2. The summed E-state index contributed by atoms with van der Waals surface area (Å²) in [6.07, 6.45) is 7.81. The van der Waals surface area contributed by atoms with Crippen LogP contribution in [-0.4, -0.2) is 70.6 Å². The van der Waals surface area contributed by atoms with Crippen LogP contribution in [0.1, 0.15) is 49.9 Å². The molecule has 0 atom stereocenters. The molecule has 1 aliphatic carbocycles. The highest BCUT2D eigenvalue weighted by Gasteiger charge is 2.44. The number of hydrogen-bond acceptors (Lipinski definition) is 9. The Labute approximate surface area is 236 Å². The van der Waals surface area contributed by atoms with E-state index < -0.39 is 20.9 Å². The van der Waals surface area contributed by atoms with Gasteiger partial charge in [-0.15, -0.1) is 5.10 Å². The molecule has 3 fully saturated rings. The summed E-state index contributed by atoms with van der Waals surface area (Å²) in [4.78, 5) is 12.4. The van der Waals surface area contributed by atoms with Gasteiger partial charge in [0.15, 0.2) is 0 Å². The van der Waals surface area contributed by atoms with Crippen molar-refractivity contribution in [2.45, 2.75) is 51.4 Å². The lowest BCUT2D eigenvalue weighted by atomic mass is 9.93. The predicted molar refractivity (Wildman–Crippen MR) is 150 cm³/mol. The van der Waals surface area contributed by atoms with Gasteiger partial charge >= 0.3 is 0 Å². The first kappa shape index (κ1) is 27.5. The molecule has 0 amide bonds. The molecular weight excluding hydrogens is 554 g/mol. The third-order valence-electron chi connectivity index (χ3n) is 8.45. The molecule has 0 radical (unpaired) electrons. The predicted octanol–water partition coefficient (Wildman–Crippen LogP) is 3.79. The lowest BCUT2D eigenvalue weighted by molar-refractivity contribution is -0.0221. The minimum Gasteiger partial charge on any atom is -0.514 e. The van der Waals surface area contributed by atoms with Crippen LogP contribution in [0.4, 0.5) is 20.3 Å². The summed E-state index contributed by atoms with van der Waals surface area (Å²) in [7, 11) is -4.21.